The molecule has 2 aromatic heterocycles. The highest BCUT2D eigenvalue weighted by Crippen LogP contribution is 2.21. The Morgan fingerprint density at radius 2 is 2.17 bits per heavy atom. The average Bonchev–Trinajstić information content (AvgIpc) is 3.03. The van der Waals surface area contributed by atoms with Crippen LogP contribution in [0.25, 0.3) is 10.9 Å². The van der Waals surface area contributed by atoms with E-state index in [1.165, 1.54) is 11.8 Å². The summed E-state index contributed by atoms with van der Waals surface area (Å²) in [5.74, 6) is 1.32. The van der Waals surface area contributed by atoms with Crippen molar-refractivity contribution in [2.45, 2.75) is 37.3 Å². The zero-order valence-electron chi connectivity index (χ0n) is 13.4. The summed E-state index contributed by atoms with van der Waals surface area (Å²) in [6.07, 6.45) is 2.65. The molecule has 1 aromatic carbocycles. The lowest BCUT2D eigenvalue weighted by Crippen LogP contribution is -2.22. The van der Waals surface area contributed by atoms with Gasteiger partial charge in [-0.05, 0) is 29.0 Å². The van der Waals surface area contributed by atoms with Gasteiger partial charge in [-0.1, -0.05) is 36.9 Å². The third-order valence-electron chi connectivity index (χ3n) is 3.51. The average molecular weight is 342 g/mol. The maximum atomic E-state index is 12.7. The predicted octanol–water partition coefficient (Wildman–Crippen LogP) is 2.27. The molecule has 0 radical (unpaired) electrons. The fourth-order valence-corrected chi connectivity index (χ4v) is 3.33. The van der Waals surface area contributed by atoms with Gasteiger partial charge in [0.25, 0.3) is 5.56 Å². The number of hydrogen-bond acceptors (Lipinski definition) is 6. The topological polar surface area (TPSA) is 78.5 Å². The summed E-state index contributed by atoms with van der Waals surface area (Å²) in [7, 11) is 0. The lowest BCUT2D eigenvalue weighted by atomic mass is 10.2. The van der Waals surface area contributed by atoms with Gasteiger partial charge in [-0.25, -0.2) is 9.67 Å². The van der Waals surface area contributed by atoms with E-state index in [-0.39, 0.29) is 5.56 Å². The Hall–Kier alpha value is -2.48. The Morgan fingerprint density at radius 3 is 2.96 bits per heavy atom. The van der Waals surface area contributed by atoms with E-state index in [0.29, 0.717) is 28.4 Å². The molecule has 8 heteroatoms. The summed E-state index contributed by atoms with van der Waals surface area (Å²) in [6.45, 7) is 7.00. The van der Waals surface area contributed by atoms with E-state index in [0.717, 1.165) is 18.8 Å². The van der Waals surface area contributed by atoms with Crippen molar-refractivity contribution in [3.8, 4) is 0 Å². The predicted molar refractivity (Wildman–Crippen MR) is 93.9 cm³/mol. The molecular weight excluding hydrogens is 324 g/mol. The van der Waals surface area contributed by atoms with E-state index in [1.54, 1.807) is 21.4 Å². The van der Waals surface area contributed by atoms with Crippen molar-refractivity contribution in [3.05, 3.63) is 53.1 Å². The number of aryl methyl sites for hydroxylation is 1. The number of allylic oxidation sites excluding steroid dienone is 1. The van der Waals surface area contributed by atoms with Crippen molar-refractivity contribution < 1.29 is 0 Å². The number of nitrogens with zero attached hydrogens (tertiary/aromatic N) is 6. The number of tetrazole rings is 1. The van der Waals surface area contributed by atoms with Crippen molar-refractivity contribution in [3.63, 3.8) is 0 Å². The first-order chi connectivity index (χ1) is 11.7. The quantitative estimate of drug-likeness (QED) is 0.372. The smallest absolute Gasteiger partial charge is 0.262 e. The molecule has 0 spiro atoms. The summed E-state index contributed by atoms with van der Waals surface area (Å²) in [6, 6.07) is 7.36. The molecular formula is C16H18N6OS. The summed E-state index contributed by atoms with van der Waals surface area (Å²) >= 11 is 1.45. The van der Waals surface area contributed by atoms with Crippen molar-refractivity contribution in [1.29, 1.82) is 0 Å². The largest absolute Gasteiger partial charge is 0.283 e. The normalized spacial score (nSPS) is 11.0. The van der Waals surface area contributed by atoms with Crippen LogP contribution in [-0.4, -0.2) is 29.8 Å². The Morgan fingerprint density at radius 1 is 1.33 bits per heavy atom. The minimum absolute atomic E-state index is 0.0591. The number of benzene rings is 1. The second kappa shape index (κ2) is 7.39. The molecule has 0 atom stereocenters. The molecule has 0 unspecified atom stereocenters. The fourth-order valence-electron chi connectivity index (χ4n) is 2.39. The Balaban J connectivity index is 1.95. The summed E-state index contributed by atoms with van der Waals surface area (Å²) < 4.78 is 3.41. The monoisotopic (exact) mass is 342 g/mol. The standard InChI is InChI=1S/C16H18N6OS/c1-3-9-21-15(23)12-7-5-6-8-13(12)17-16(21)24-11-14-18-19-20-22(14)10-4-2/h3,5-8H,1,4,9-11H2,2H3. The van der Waals surface area contributed by atoms with Crippen LogP contribution in [0.15, 0.2) is 46.9 Å². The highest BCUT2D eigenvalue weighted by molar-refractivity contribution is 7.98. The van der Waals surface area contributed by atoms with E-state index in [2.05, 4.69) is 34.0 Å². The number of hydrogen-bond donors (Lipinski definition) is 0. The number of para-hydroxylation sites is 1. The fraction of sp³-hybridized carbons (Fsp3) is 0.312. The van der Waals surface area contributed by atoms with Gasteiger partial charge in [-0.2, -0.15) is 0 Å². The van der Waals surface area contributed by atoms with Gasteiger partial charge < -0.3 is 0 Å². The molecule has 24 heavy (non-hydrogen) atoms. The SMILES string of the molecule is C=CCn1c(SCc2nnnn2CCC)nc2ccccc2c1=O. The van der Waals surface area contributed by atoms with E-state index in [4.69, 9.17) is 0 Å². The van der Waals surface area contributed by atoms with E-state index >= 15 is 0 Å². The van der Waals surface area contributed by atoms with Crippen LogP contribution in [0.3, 0.4) is 0 Å². The van der Waals surface area contributed by atoms with E-state index in [9.17, 15) is 4.79 Å². The van der Waals surface area contributed by atoms with Crippen LogP contribution in [0.4, 0.5) is 0 Å². The molecule has 3 rings (SSSR count). The van der Waals surface area contributed by atoms with Gasteiger partial charge in [0.05, 0.1) is 16.7 Å². The molecule has 0 aliphatic heterocycles. The van der Waals surface area contributed by atoms with Crippen LogP contribution in [0.2, 0.25) is 0 Å². The van der Waals surface area contributed by atoms with Crippen LogP contribution in [-0.2, 0) is 18.8 Å². The van der Waals surface area contributed by atoms with Crippen molar-refractivity contribution >= 4 is 22.7 Å². The van der Waals surface area contributed by atoms with Gasteiger partial charge in [0.15, 0.2) is 11.0 Å². The Bertz CT molecular complexity index is 916. The third kappa shape index (κ3) is 3.23. The highest BCUT2D eigenvalue weighted by Gasteiger charge is 2.13. The molecule has 0 saturated heterocycles. The van der Waals surface area contributed by atoms with Crippen LogP contribution < -0.4 is 5.56 Å². The number of rotatable bonds is 7. The molecule has 0 aliphatic carbocycles. The van der Waals surface area contributed by atoms with Crippen molar-refractivity contribution in [1.82, 2.24) is 29.8 Å². The van der Waals surface area contributed by atoms with Crippen LogP contribution >= 0.6 is 11.8 Å². The molecule has 3 aromatic rings. The minimum Gasteiger partial charge on any atom is -0.283 e. The lowest BCUT2D eigenvalue weighted by Gasteiger charge is -2.11. The maximum absolute atomic E-state index is 12.7. The molecule has 2 heterocycles. The zero-order valence-corrected chi connectivity index (χ0v) is 14.2. The van der Waals surface area contributed by atoms with Crippen LogP contribution in [0.5, 0.6) is 0 Å². The van der Waals surface area contributed by atoms with Gasteiger partial charge in [-0.15, -0.1) is 11.7 Å². The van der Waals surface area contributed by atoms with Crippen molar-refractivity contribution in [2.24, 2.45) is 0 Å². The zero-order chi connectivity index (χ0) is 16.9. The van der Waals surface area contributed by atoms with Crippen LogP contribution in [0.1, 0.15) is 19.2 Å². The van der Waals surface area contributed by atoms with Gasteiger partial charge >= 0.3 is 0 Å². The van der Waals surface area contributed by atoms with E-state index < -0.39 is 0 Å². The van der Waals surface area contributed by atoms with Gasteiger partial charge in [0.2, 0.25) is 0 Å². The maximum Gasteiger partial charge on any atom is 0.262 e. The van der Waals surface area contributed by atoms with E-state index in [1.807, 2.05) is 18.2 Å². The number of thioether (sulfide) groups is 1. The van der Waals surface area contributed by atoms with Crippen molar-refractivity contribution in [2.75, 3.05) is 0 Å². The van der Waals surface area contributed by atoms with Crippen LogP contribution in [0, 0.1) is 0 Å². The molecule has 0 bridgehead atoms. The lowest BCUT2D eigenvalue weighted by molar-refractivity contribution is 0.564. The molecule has 0 saturated carbocycles. The molecule has 124 valence electrons. The first-order valence-corrected chi connectivity index (χ1v) is 8.71. The molecule has 0 aliphatic rings. The first kappa shape index (κ1) is 16.4. The minimum atomic E-state index is -0.0591. The second-order valence-corrected chi connectivity index (χ2v) is 6.17. The number of fused-ring (bicyclic) bond motifs is 1. The first-order valence-electron chi connectivity index (χ1n) is 7.73. The highest BCUT2D eigenvalue weighted by atomic mass is 32.2. The molecule has 0 amide bonds. The Kier molecular flexibility index (Phi) is 5.05. The Labute approximate surface area is 143 Å². The molecule has 0 N–H and O–H groups in total. The molecule has 0 fully saturated rings. The van der Waals surface area contributed by atoms with Gasteiger partial charge in [0.1, 0.15) is 0 Å². The second-order valence-electron chi connectivity index (χ2n) is 5.22. The van der Waals surface area contributed by atoms with Gasteiger partial charge in [-0.3, -0.25) is 9.36 Å². The number of aromatic nitrogens is 6. The molecule has 7 nitrogen and oxygen atoms in total. The summed E-state index contributed by atoms with van der Waals surface area (Å²) in [4.78, 5) is 17.3. The summed E-state index contributed by atoms with van der Waals surface area (Å²) in [5.41, 5.74) is 0.634. The third-order valence-corrected chi connectivity index (χ3v) is 4.48. The summed E-state index contributed by atoms with van der Waals surface area (Å²) in [5, 5.41) is 13.0. The van der Waals surface area contributed by atoms with Gasteiger partial charge in [0, 0.05) is 13.1 Å².